The number of ether oxygens (including phenoxy) is 2. The molecule has 1 N–H and O–H groups in total. The fraction of sp³-hybridized carbons (Fsp3) is 0.480. The summed E-state index contributed by atoms with van der Waals surface area (Å²) in [7, 11) is -3.38. The number of amides is 2. The molecule has 2 atom stereocenters. The van der Waals surface area contributed by atoms with E-state index in [0.29, 0.717) is 6.20 Å². The van der Waals surface area contributed by atoms with E-state index in [4.69, 9.17) is 9.47 Å². The van der Waals surface area contributed by atoms with Crippen LogP contribution in [0.1, 0.15) is 42.3 Å². The van der Waals surface area contributed by atoms with Crippen LogP contribution in [-0.4, -0.2) is 65.0 Å². The van der Waals surface area contributed by atoms with Gasteiger partial charge in [-0.1, -0.05) is 6.07 Å². The number of carbonyl (C=O) groups excluding carboxylic acids is 2. The van der Waals surface area contributed by atoms with Gasteiger partial charge in [0.1, 0.15) is 11.4 Å². The lowest BCUT2D eigenvalue weighted by molar-refractivity contribution is -0.221. The molecule has 1 saturated heterocycles. The van der Waals surface area contributed by atoms with Gasteiger partial charge in [0.2, 0.25) is 0 Å². The van der Waals surface area contributed by atoms with E-state index in [9.17, 15) is 40.1 Å². The van der Waals surface area contributed by atoms with Crippen molar-refractivity contribution in [2.24, 2.45) is 4.36 Å². The van der Waals surface area contributed by atoms with Crippen molar-refractivity contribution in [3.63, 3.8) is 0 Å². The molecule has 2 heterocycles. The lowest BCUT2D eigenvalue weighted by Crippen LogP contribution is -2.50. The second-order valence-corrected chi connectivity index (χ2v) is 12.5. The summed E-state index contributed by atoms with van der Waals surface area (Å²) < 4.78 is 108. The Kier molecular flexibility index (Phi) is 8.98. The first-order chi connectivity index (χ1) is 18.7. The molecule has 0 aliphatic carbocycles. The lowest BCUT2D eigenvalue weighted by Gasteiger charge is -2.35. The molecule has 1 aromatic carbocycles. The topological polar surface area (TPSA) is 110 Å². The second kappa shape index (κ2) is 11.5. The number of hydrogen-bond acceptors (Lipinski definition) is 7. The van der Waals surface area contributed by atoms with Crippen LogP contribution < -0.4 is 10.2 Å². The minimum Gasteiger partial charge on any atom is -0.442 e. The maximum Gasteiger partial charge on any atom is 0.442 e. The quantitative estimate of drug-likeness (QED) is 0.435. The van der Waals surface area contributed by atoms with Gasteiger partial charge in [-0.05, 0) is 51.5 Å². The van der Waals surface area contributed by atoms with Crippen molar-refractivity contribution in [2.75, 3.05) is 36.2 Å². The first-order valence-electron chi connectivity index (χ1n) is 12.1. The number of pyridine rings is 1. The zero-order valence-electron chi connectivity index (χ0n) is 22.6. The highest BCUT2D eigenvalue weighted by Gasteiger charge is 2.44. The summed E-state index contributed by atoms with van der Waals surface area (Å²) in [4.78, 5) is 30.3. The summed E-state index contributed by atoms with van der Waals surface area (Å²) in [6.07, 6.45) is -11.4. The van der Waals surface area contributed by atoms with E-state index in [1.54, 1.807) is 20.8 Å². The van der Waals surface area contributed by atoms with Gasteiger partial charge in [-0.15, -0.1) is 4.36 Å². The third-order valence-corrected chi connectivity index (χ3v) is 7.38. The molecule has 41 heavy (non-hydrogen) atoms. The summed E-state index contributed by atoms with van der Waals surface area (Å²) in [6.45, 7) is 4.43. The van der Waals surface area contributed by atoms with Crippen LogP contribution in [0, 0.1) is 6.92 Å². The molecule has 1 aliphatic rings. The molecule has 3 rings (SSSR count). The van der Waals surface area contributed by atoms with E-state index in [1.165, 1.54) is 24.3 Å². The third kappa shape index (κ3) is 8.09. The van der Waals surface area contributed by atoms with Crippen LogP contribution in [0.3, 0.4) is 0 Å². The van der Waals surface area contributed by atoms with Crippen LogP contribution in [0.2, 0.25) is 0 Å². The first kappa shape index (κ1) is 32.1. The molecular formula is C25H28F6N4O5S. The maximum atomic E-state index is 13.7. The SMILES string of the molecule is Cc1c(C(F)(F)F)cnc(N2CCOC(C(F)(F)F)C2)c1C(=O)Nc1cccc([S@@](C)(=O)=NC(=O)OC(C)(C)C)c1. The number of rotatable bonds is 4. The number of nitrogens with zero attached hydrogens (tertiary/aromatic N) is 3. The van der Waals surface area contributed by atoms with Gasteiger partial charge in [0.15, 0.2) is 6.10 Å². The Labute approximate surface area is 232 Å². The number of halogens is 6. The largest absolute Gasteiger partial charge is 0.442 e. The predicted molar refractivity (Wildman–Crippen MR) is 137 cm³/mol. The van der Waals surface area contributed by atoms with Crippen LogP contribution in [0.4, 0.5) is 42.6 Å². The van der Waals surface area contributed by atoms with Crippen molar-refractivity contribution < 1.29 is 49.6 Å². The number of anilines is 2. The fourth-order valence-corrected chi connectivity index (χ4v) is 5.01. The van der Waals surface area contributed by atoms with E-state index >= 15 is 0 Å². The molecular weight excluding hydrogens is 582 g/mol. The molecule has 1 unspecified atom stereocenters. The first-order valence-corrected chi connectivity index (χ1v) is 14.0. The molecule has 2 amide bonds. The molecule has 9 nitrogen and oxygen atoms in total. The average molecular weight is 611 g/mol. The van der Waals surface area contributed by atoms with Crippen LogP contribution in [-0.2, 0) is 25.4 Å². The molecule has 0 radical (unpaired) electrons. The van der Waals surface area contributed by atoms with Gasteiger partial charge in [0, 0.05) is 29.6 Å². The molecule has 0 spiro atoms. The van der Waals surface area contributed by atoms with Crippen molar-refractivity contribution in [1.29, 1.82) is 0 Å². The highest BCUT2D eigenvalue weighted by atomic mass is 32.2. The Hall–Kier alpha value is -3.40. The Bertz CT molecular complexity index is 1450. The van der Waals surface area contributed by atoms with Crippen LogP contribution >= 0.6 is 0 Å². The predicted octanol–water partition coefficient (Wildman–Crippen LogP) is 5.82. The summed E-state index contributed by atoms with van der Waals surface area (Å²) in [5.74, 6) is -1.49. The van der Waals surface area contributed by atoms with Gasteiger partial charge in [-0.3, -0.25) is 4.79 Å². The Balaban J connectivity index is 2.01. The van der Waals surface area contributed by atoms with Crippen LogP contribution in [0.5, 0.6) is 0 Å². The van der Waals surface area contributed by atoms with E-state index in [1.807, 2.05) is 0 Å². The fourth-order valence-electron chi connectivity index (χ4n) is 3.91. The van der Waals surface area contributed by atoms with E-state index in [0.717, 1.165) is 18.1 Å². The molecule has 1 aliphatic heterocycles. The Morgan fingerprint density at radius 1 is 1.17 bits per heavy atom. The van der Waals surface area contributed by atoms with E-state index < -0.39 is 75.6 Å². The van der Waals surface area contributed by atoms with Crippen LogP contribution in [0.15, 0.2) is 39.7 Å². The van der Waals surface area contributed by atoms with Crippen molar-refractivity contribution in [1.82, 2.24) is 4.98 Å². The van der Waals surface area contributed by atoms with Gasteiger partial charge in [-0.25, -0.2) is 14.0 Å². The van der Waals surface area contributed by atoms with E-state index in [-0.39, 0.29) is 22.9 Å². The molecule has 16 heteroatoms. The minimum absolute atomic E-state index is 0.00136. The van der Waals surface area contributed by atoms with Crippen molar-refractivity contribution in [3.8, 4) is 0 Å². The van der Waals surface area contributed by atoms with Crippen LogP contribution in [0.25, 0.3) is 0 Å². The number of hydrogen-bond donors (Lipinski definition) is 1. The minimum atomic E-state index is -4.90. The normalized spacial score (nSPS) is 17.9. The highest BCUT2D eigenvalue weighted by Crippen LogP contribution is 2.37. The van der Waals surface area contributed by atoms with Gasteiger partial charge < -0.3 is 19.7 Å². The van der Waals surface area contributed by atoms with Gasteiger partial charge in [0.05, 0.1) is 34.0 Å². The average Bonchev–Trinajstić information content (AvgIpc) is 2.81. The van der Waals surface area contributed by atoms with Crippen molar-refractivity contribution in [2.45, 2.75) is 56.6 Å². The summed E-state index contributed by atoms with van der Waals surface area (Å²) >= 11 is 0. The van der Waals surface area contributed by atoms with Gasteiger partial charge in [0.25, 0.3) is 5.91 Å². The number of benzene rings is 1. The molecule has 0 saturated carbocycles. The summed E-state index contributed by atoms with van der Waals surface area (Å²) in [5, 5.41) is 2.39. The zero-order valence-corrected chi connectivity index (χ0v) is 23.5. The highest BCUT2D eigenvalue weighted by molar-refractivity contribution is 7.93. The maximum absolute atomic E-state index is 13.7. The monoisotopic (exact) mass is 610 g/mol. The summed E-state index contributed by atoms with van der Waals surface area (Å²) in [5.41, 5.74) is -3.32. The number of nitrogens with one attached hydrogen (secondary N) is 1. The smallest absolute Gasteiger partial charge is 0.442 e. The zero-order chi connectivity index (χ0) is 31.0. The Morgan fingerprint density at radius 2 is 1.83 bits per heavy atom. The third-order valence-electron chi connectivity index (χ3n) is 5.75. The molecule has 0 bridgehead atoms. The second-order valence-electron chi connectivity index (χ2n) is 10.2. The summed E-state index contributed by atoms with van der Waals surface area (Å²) in [6, 6.07) is 5.28. The molecule has 1 aromatic heterocycles. The van der Waals surface area contributed by atoms with Crippen molar-refractivity contribution >= 4 is 33.2 Å². The lowest BCUT2D eigenvalue weighted by atomic mass is 10.0. The molecule has 2 aromatic rings. The van der Waals surface area contributed by atoms with Gasteiger partial charge in [-0.2, -0.15) is 26.3 Å². The standard InChI is InChI=1S/C25H28F6N4O5S/c1-14-17(24(26,27)28)12-32-20(35-9-10-39-18(13-35)25(29,30)31)19(14)21(36)33-15-7-6-8-16(11-15)41(5,38)34-22(37)40-23(2,3)4/h6-8,11-12,18H,9-10,13H2,1-5H3,(H,33,36)/t18?,41-/m1/s1. The van der Waals surface area contributed by atoms with Gasteiger partial charge >= 0.3 is 18.4 Å². The Morgan fingerprint density at radius 3 is 2.41 bits per heavy atom. The number of aromatic nitrogens is 1. The van der Waals surface area contributed by atoms with Crippen molar-refractivity contribution in [3.05, 3.63) is 47.2 Å². The molecule has 226 valence electrons. The number of morpholine rings is 1. The number of carbonyl (C=O) groups is 2. The molecule has 1 fully saturated rings. The van der Waals surface area contributed by atoms with E-state index in [2.05, 4.69) is 14.7 Å². The number of alkyl halides is 6.